The third kappa shape index (κ3) is 6.75. The molecule has 4 aliphatic heterocycles. The van der Waals surface area contributed by atoms with Gasteiger partial charge in [-0.1, -0.05) is 6.07 Å². The van der Waals surface area contributed by atoms with Crippen LogP contribution in [0.25, 0.3) is 0 Å². The number of carbonyl (C=O) groups excluding carboxylic acids is 1. The van der Waals surface area contributed by atoms with Gasteiger partial charge in [-0.05, 0) is 62.4 Å². The summed E-state index contributed by atoms with van der Waals surface area (Å²) in [4.78, 5) is 27.9. The molecular formula is C29H40N6O6S2. The molecule has 1 amide bonds. The van der Waals surface area contributed by atoms with E-state index in [0.717, 1.165) is 54.9 Å². The number of sulfone groups is 2. The van der Waals surface area contributed by atoms with Gasteiger partial charge in [0.1, 0.15) is 40.2 Å². The number of carbonyl (C=O) groups is 1. The first-order valence-corrected chi connectivity index (χ1v) is 18.9. The van der Waals surface area contributed by atoms with Crippen LogP contribution in [-0.2, 0) is 31.1 Å². The number of ether oxygens (including phenoxy) is 1. The molecule has 0 spiro atoms. The van der Waals surface area contributed by atoms with Crippen molar-refractivity contribution in [3.8, 4) is 5.75 Å². The number of benzene rings is 1. The lowest BCUT2D eigenvalue weighted by molar-refractivity contribution is -0.129. The molecule has 1 aromatic carbocycles. The Labute approximate surface area is 253 Å². The number of anilines is 3. The molecule has 12 nitrogen and oxygen atoms in total. The molecule has 2 aromatic rings. The van der Waals surface area contributed by atoms with Crippen molar-refractivity contribution in [3.63, 3.8) is 0 Å². The molecule has 43 heavy (non-hydrogen) atoms. The van der Waals surface area contributed by atoms with Crippen LogP contribution in [-0.4, -0.2) is 111 Å². The Balaban J connectivity index is 1.10. The minimum absolute atomic E-state index is 0.0590. The van der Waals surface area contributed by atoms with Crippen LogP contribution in [0.1, 0.15) is 48.3 Å². The van der Waals surface area contributed by atoms with Crippen LogP contribution in [0.2, 0.25) is 0 Å². The van der Waals surface area contributed by atoms with Crippen molar-refractivity contribution in [2.75, 3.05) is 73.0 Å². The maximum Gasteiger partial charge on any atom is 0.223 e. The lowest BCUT2D eigenvalue weighted by atomic mass is 9.87. The van der Waals surface area contributed by atoms with Crippen molar-refractivity contribution >= 4 is 42.9 Å². The zero-order valence-electron chi connectivity index (χ0n) is 24.8. The second kappa shape index (κ2) is 11.8. The number of nitrogens with one attached hydrogen (secondary N) is 1. The lowest BCUT2D eigenvalue weighted by Gasteiger charge is -2.36. The quantitative estimate of drug-likeness (QED) is 0.499. The zero-order chi connectivity index (χ0) is 30.4. The highest BCUT2D eigenvalue weighted by Gasteiger charge is 2.34. The molecule has 3 fully saturated rings. The molecule has 6 rings (SSSR count). The second-order valence-corrected chi connectivity index (χ2v) is 16.8. The van der Waals surface area contributed by atoms with E-state index in [1.807, 2.05) is 9.80 Å². The van der Waals surface area contributed by atoms with Crippen molar-refractivity contribution in [2.24, 2.45) is 0 Å². The molecule has 0 aliphatic carbocycles. The number of aromatic nitrogens is 2. The van der Waals surface area contributed by atoms with Gasteiger partial charge in [-0.25, -0.2) is 26.8 Å². The number of rotatable bonds is 6. The molecule has 1 aromatic heterocycles. The third-order valence-electron chi connectivity index (χ3n) is 9.20. The fourth-order valence-electron chi connectivity index (χ4n) is 6.73. The Morgan fingerprint density at radius 2 is 1.81 bits per heavy atom. The first kappa shape index (κ1) is 30.1. The maximum atomic E-state index is 12.5. The average molecular weight is 633 g/mol. The maximum absolute atomic E-state index is 12.5. The number of hydrogen-bond acceptors (Lipinski definition) is 11. The Bertz CT molecular complexity index is 1590. The summed E-state index contributed by atoms with van der Waals surface area (Å²) in [5.74, 6) is 2.65. The van der Waals surface area contributed by atoms with E-state index in [1.54, 1.807) is 0 Å². The van der Waals surface area contributed by atoms with Crippen LogP contribution in [0.3, 0.4) is 0 Å². The normalized spacial score (nSPS) is 22.7. The number of aryl methyl sites for hydroxylation is 1. The van der Waals surface area contributed by atoms with Crippen molar-refractivity contribution in [2.45, 2.75) is 51.2 Å². The van der Waals surface area contributed by atoms with E-state index >= 15 is 0 Å². The molecule has 1 unspecified atom stereocenters. The van der Waals surface area contributed by atoms with E-state index in [0.29, 0.717) is 56.4 Å². The second-order valence-electron chi connectivity index (χ2n) is 12.3. The Morgan fingerprint density at radius 3 is 2.53 bits per heavy atom. The van der Waals surface area contributed by atoms with Crippen molar-refractivity contribution < 1.29 is 26.4 Å². The highest BCUT2D eigenvalue weighted by Crippen LogP contribution is 2.41. The minimum atomic E-state index is -3.15. The molecule has 0 bridgehead atoms. The van der Waals surface area contributed by atoms with Gasteiger partial charge in [0, 0.05) is 44.9 Å². The van der Waals surface area contributed by atoms with E-state index in [1.165, 1.54) is 18.1 Å². The van der Waals surface area contributed by atoms with Gasteiger partial charge in [-0.15, -0.1) is 0 Å². The SMILES string of the molecule is Cc1cc(C2CCN(C3CCN(C(=O)CCS(C)(=O)=O)C3)CC2)cc2c1OCc1c(ncnc1N1CCS(=O)(=O)CC1)N2. The van der Waals surface area contributed by atoms with Gasteiger partial charge < -0.3 is 19.9 Å². The highest BCUT2D eigenvalue weighted by atomic mass is 32.2. The summed E-state index contributed by atoms with van der Waals surface area (Å²) in [6.45, 7) is 6.42. The standard InChI is InChI=1S/C29H40N6O6S2/c1-20-15-22(21-3-7-33(8-4-21)23-5-9-35(17-23)26(36)6-12-42(2,37)38)16-25-27(20)41-18-24-28(32-25)30-19-31-29(24)34-10-13-43(39,40)14-11-34/h15-16,19,21,23H,3-14,17-18H2,1-2H3,(H,30,31,32). The number of amides is 1. The molecule has 5 heterocycles. The molecule has 0 radical (unpaired) electrons. The molecule has 4 aliphatic rings. The van der Waals surface area contributed by atoms with Crippen molar-refractivity contribution in [3.05, 3.63) is 35.2 Å². The molecule has 14 heteroatoms. The number of hydrogen-bond donors (Lipinski definition) is 1. The minimum Gasteiger partial charge on any atom is -0.486 e. The monoisotopic (exact) mass is 632 g/mol. The summed E-state index contributed by atoms with van der Waals surface area (Å²) < 4.78 is 53.1. The largest absolute Gasteiger partial charge is 0.486 e. The highest BCUT2D eigenvalue weighted by molar-refractivity contribution is 7.91. The Kier molecular flexibility index (Phi) is 8.28. The summed E-state index contributed by atoms with van der Waals surface area (Å²) in [6, 6.07) is 4.71. The van der Waals surface area contributed by atoms with E-state index in [2.05, 4.69) is 39.2 Å². The third-order valence-corrected chi connectivity index (χ3v) is 11.8. The van der Waals surface area contributed by atoms with Crippen LogP contribution in [0.4, 0.5) is 17.3 Å². The number of piperidine rings is 1. The van der Waals surface area contributed by atoms with Gasteiger partial charge in [-0.2, -0.15) is 0 Å². The van der Waals surface area contributed by atoms with Gasteiger partial charge >= 0.3 is 0 Å². The number of fused-ring (bicyclic) bond motifs is 2. The summed E-state index contributed by atoms with van der Waals surface area (Å²) in [5, 5.41) is 3.50. The first-order chi connectivity index (χ1) is 20.5. The van der Waals surface area contributed by atoms with Gasteiger partial charge in [0.15, 0.2) is 9.84 Å². The molecular weight excluding hydrogens is 592 g/mol. The fraction of sp³-hybridized carbons (Fsp3) is 0.621. The summed E-state index contributed by atoms with van der Waals surface area (Å²) in [5.41, 5.74) is 4.01. The van der Waals surface area contributed by atoms with Gasteiger partial charge in [0.2, 0.25) is 5.91 Å². The Hall–Kier alpha value is -2.97. The van der Waals surface area contributed by atoms with E-state index in [4.69, 9.17) is 4.74 Å². The summed E-state index contributed by atoms with van der Waals surface area (Å²) in [7, 11) is -6.16. The van der Waals surface area contributed by atoms with E-state index < -0.39 is 19.7 Å². The fourth-order valence-corrected chi connectivity index (χ4v) is 8.48. The zero-order valence-corrected chi connectivity index (χ0v) is 26.4. The lowest BCUT2D eigenvalue weighted by Crippen LogP contribution is -2.43. The van der Waals surface area contributed by atoms with E-state index in [-0.39, 0.29) is 29.6 Å². The van der Waals surface area contributed by atoms with Gasteiger partial charge in [0.05, 0.1) is 28.5 Å². The summed E-state index contributed by atoms with van der Waals surface area (Å²) in [6.07, 6.45) is 5.69. The van der Waals surface area contributed by atoms with Gasteiger partial charge in [0.25, 0.3) is 0 Å². The predicted molar refractivity (Wildman–Crippen MR) is 165 cm³/mol. The van der Waals surface area contributed by atoms with E-state index in [9.17, 15) is 21.6 Å². The van der Waals surface area contributed by atoms with Crippen LogP contribution in [0, 0.1) is 6.92 Å². The molecule has 3 saturated heterocycles. The van der Waals surface area contributed by atoms with Crippen LogP contribution < -0.4 is 15.0 Å². The van der Waals surface area contributed by atoms with Gasteiger partial charge in [-0.3, -0.25) is 9.69 Å². The Morgan fingerprint density at radius 1 is 1.07 bits per heavy atom. The first-order valence-electron chi connectivity index (χ1n) is 15.0. The molecule has 1 atom stereocenters. The van der Waals surface area contributed by atoms with Crippen LogP contribution in [0.15, 0.2) is 18.5 Å². The van der Waals surface area contributed by atoms with Crippen LogP contribution >= 0.6 is 0 Å². The predicted octanol–water partition coefficient (Wildman–Crippen LogP) is 1.87. The smallest absolute Gasteiger partial charge is 0.223 e. The van der Waals surface area contributed by atoms with Crippen molar-refractivity contribution in [1.29, 1.82) is 0 Å². The summed E-state index contributed by atoms with van der Waals surface area (Å²) >= 11 is 0. The molecule has 1 N–H and O–H groups in total. The molecule has 0 saturated carbocycles. The number of likely N-dealkylation sites (tertiary alicyclic amines) is 2. The van der Waals surface area contributed by atoms with Crippen LogP contribution in [0.5, 0.6) is 5.75 Å². The topological polar surface area (TPSA) is 142 Å². The molecule has 234 valence electrons. The average Bonchev–Trinajstić information content (AvgIpc) is 3.38. The number of nitrogens with zero attached hydrogens (tertiary/aromatic N) is 5. The van der Waals surface area contributed by atoms with Crippen molar-refractivity contribution in [1.82, 2.24) is 19.8 Å².